The second kappa shape index (κ2) is 6.99. The molecule has 1 heterocycles. The van der Waals surface area contributed by atoms with Gasteiger partial charge in [-0.2, -0.15) is 17.4 Å². The highest BCUT2D eigenvalue weighted by molar-refractivity contribution is 7.87. The van der Waals surface area contributed by atoms with Crippen molar-refractivity contribution in [2.45, 2.75) is 45.2 Å². The van der Waals surface area contributed by atoms with E-state index in [1.165, 1.54) is 4.31 Å². The summed E-state index contributed by atoms with van der Waals surface area (Å²) in [6.07, 6.45) is 1.51. The molecule has 0 aromatic heterocycles. The first-order chi connectivity index (χ1) is 8.75. The molecule has 6 nitrogen and oxygen atoms in total. The normalized spacial score (nSPS) is 24.5. The third-order valence-electron chi connectivity index (χ3n) is 3.21. The molecule has 1 saturated heterocycles. The second-order valence-electron chi connectivity index (χ2n) is 5.75. The van der Waals surface area contributed by atoms with Crippen LogP contribution >= 0.6 is 0 Å². The van der Waals surface area contributed by atoms with Crippen LogP contribution < -0.4 is 10.0 Å². The second-order valence-corrected chi connectivity index (χ2v) is 7.53. The zero-order valence-corrected chi connectivity index (χ0v) is 13.2. The zero-order valence-electron chi connectivity index (χ0n) is 12.4. The van der Waals surface area contributed by atoms with Crippen molar-refractivity contribution in [1.82, 2.24) is 14.3 Å². The summed E-state index contributed by atoms with van der Waals surface area (Å²) in [4.78, 5) is 0. The largest absolute Gasteiger partial charge is 0.379 e. The average Bonchev–Trinajstić information content (AvgIpc) is 2.69. The van der Waals surface area contributed by atoms with Gasteiger partial charge in [0.25, 0.3) is 10.2 Å². The lowest BCUT2D eigenvalue weighted by Gasteiger charge is -2.27. The summed E-state index contributed by atoms with van der Waals surface area (Å²) < 4.78 is 33.7. The quantitative estimate of drug-likeness (QED) is 0.632. The molecule has 1 aliphatic heterocycles. The summed E-state index contributed by atoms with van der Waals surface area (Å²) in [6, 6.07) is 0.426. The standard InChI is InChI=1S/C12H27N3O3S/c1-11(2)13-7-5-8-15(4)19(16,17)14-12(3)6-9-18-10-12/h11,13-14H,5-10H2,1-4H3. The lowest BCUT2D eigenvalue weighted by Crippen LogP contribution is -2.51. The number of nitrogens with one attached hydrogen (secondary N) is 2. The van der Waals surface area contributed by atoms with E-state index in [4.69, 9.17) is 4.74 Å². The van der Waals surface area contributed by atoms with Gasteiger partial charge in [-0.15, -0.1) is 0 Å². The molecular formula is C12H27N3O3S. The van der Waals surface area contributed by atoms with E-state index < -0.39 is 15.7 Å². The monoisotopic (exact) mass is 293 g/mol. The molecule has 0 aromatic carbocycles. The van der Waals surface area contributed by atoms with Crippen molar-refractivity contribution in [1.29, 1.82) is 0 Å². The van der Waals surface area contributed by atoms with Gasteiger partial charge in [0.1, 0.15) is 0 Å². The molecular weight excluding hydrogens is 266 g/mol. The van der Waals surface area contributed by atoms with Crippen molar-refractivity contribution in [3.63, 3.8) is 0 Å². The summed E-state index contributed by atoms with van der Waals surface area (Å²) in [7, 11) is -1.82. The SMILES string of the molecule is CC(C)NCCCN(C)S(=O)(=O)NC1(C)CCOC1. The maximum absolute atomic E-state index is 12.2. The van der Waals surface area contributed by atoms with Gasteiger partial charge < -0.3 is 10.1 Å². The molecule has 2 N–H and O–H groups in total. The molecule has 0 radical (unpaired) electrons. The third-order valence-corrected chi connectivity index (χ3v) is 4.96. The Balaban J connectivity index is 2.39. The molecule has 1 fully saturated rings. The minimum Gasteiger partial charge on any atom is -0.379 e. The van der Waals surface area contributed by atoms with Crippen LogP contribution in [-0.4, -0.2) is 57.7 Å². The molecule has 0 aliphatic carbocycles. The molecule has 1 rings (SSSR count). The van der Waals surface area contributed by atoms with Crippen molar-refractivity contribution >= 4 is 10.2 Å². The predicted octanol–water partition coefficient (Wildman–Crippen LogP) is 0.320. The van der Waals surface area contributed by atoms with E-state index in [0.29, 0.717) is 25.8 Å². The van der Waals surface area contributed by atoms with E-state index in [1.54, 1.807) is 7.05 Å². The highest BCUT2D eigenvalue weighted by Crippen LogP contribution is 2.19. The Kier molecular flexibility index (Phi) is 6.19. The molecule has 0 aromatic rings. The van der Waals surface area contributed by atoms with Crippen molar-refractivity contribution < 1.29 is 13.2 Å². The lowest BCUT2D eigenvalue weighted by molar-refractivity contribution is 0.177. The summed E-state index contributed by atoms with van der Waals surface area (Å²) in [5.74, 6) is 0. The van der Waals surface area contributed by atoms with Gasteiger partial charge in [0, 0.05) is 26.2 Å². The molecule has 0 bridgehead atoms. The van der Waals surface area contributed by atoms with Gasteiger partial charge in [0.2, 0.25) is 0 Å². The topological polar surface area (TPSA) is 70.7 Å². The molecule has 1 atom stereocenters. The highest BCUT2D eigenvalue weighted by Gasteiger charge is 2.35. The van der Waals surface area contributed by atoms with Crippen LogP contribution in [0.1, 0.15) is 33.6 Å². The Morgan fingerprint density at radius 2 is 2.11 bits per heavy atom. The van der Waals surface area contributed by atoms with Crippen LogP contribution in [0.4, 0.5) is 0 Å². The maximum Gasteiger partial charge on any atom is 0.279 e. The Morgan fingerprint density at radius 1 is 1.42 bits per heavy atom. The van der Waals surface area contributed by atoms with Crippen molar-refractivity contribution in [3.05, 3.63) is 0 Å². The zero-order chi connectivity index (χ0) is 14.5. The predicted molar refractivity (Wildman–Crippen MR) is 76.3 cm³/mol. The first-order valence-electron chi connectivity index (χ1n) is 6.81. The highest BCUT2D eigenvalue weighted by atomic mass is 32.2. The fourth-order valence-electron chi connectivity index (χ4n) is 1.95. The Morgan fingerprint density at radius 3 is 2.63 bits per heavy atom. The molecule has 0 spiro atoms. The Bertz CT molecular complexity index is 364. The van der Waals surface area contributed by atoms with E-state index >= 15 is 0 Å². The Labute approximate surface area is 117 Å². The number of hydrogen-bond acceptors (Lipinski definition) is 4. The van der Waals surface area contributed by atoms with Gasteiger partial charge in [-0.25, -0.2) is 0 Å². The van der Waals surface area contributed by atoms with Crippen LogP contribution in [0.15, 0.2) is 0 Å². The van der Waals surface area contributed by atoms with E-state index in [0.717, 1.165) is 19.4 Å². The molecule has 1 aliphatic rings. The van der Waals surface area contributed by atoms with Crippen molar-refractivity contribution in [3.8, 4) is 0 Å². The van der Waals surface area contributed by atoms with Gasteiger partial charge in [-0.1, -0.05) is 13.8 Å². The van der Waals surface area contributed by atoms with Crippen LogP contribution in [0.5, 0.6) is 0 Å². The van der Waals surface area contributed by atoms with Gasteiger partial charge >= 0.3 is 0 Å². The maximum atomic E-state index is 12.2. The lowest BCUT2D eigenvalue weighted by atomic mass is 10.0. The number of rotatable bonds is 8. The molecule has 114 valence electrons. The van der Waals surface area contributed by atoms with Crippen LogP contribution in [0.3, 0.4) is 0 Å². The van der Waals surface area contributed by atoms with E-state index in [1.807, 2.05) is 6.92 Å². The molecule has 19 heavy (non-hydrogen) atoms. The number of hydrogen-bond donors (Lipinski definition) is 2. The summed E-state index contributed by atoms with van der Waals surface area (Å²) in [6.45, 7) is 8.40. The van der Waals surface area contributed by atoms with E-state index in [-0.39, 0.29) is 0 Å². The minimum absolute atomic E-state index is 0.426. The first kappa shape index (κ1) is 16.8. The van der Waals surface area contributed by atoms with Gasteiger partial charge in [0.05, 0.1) is 12.1 Å². The van der Waals surface area contributed by atoms with E-state index in [9.17, 15) is 8.42 Å². The van der Waals surface area contributed by atoms with E-state index in [2.05, 4.69) is 23.9 Å². The molecule has 0 saturated carbocycles. The number of nitrogens with zero attached hydrogens (tertiary/aromatic N) is 1. The minimum atomic E-state index is -3.43. The first-order valence-corrected chi connectivity index (χ1v) is 8.25. The Hall–Kier alpha value is -0.210. The van der Waals surface area contributed by atoms with Crippen LogP contribution in [0.2, 0.25) is 0 Å². The van der Waals surface area contributed by atoms with Gasteiger partial charge in [0.15, 0.2) is 0 Å². The number of ether oxygens (including phenoxy) is 1. The fraction of sp³-hybridized carbons (Fsp3) is 1.00. The third kappa shape index (κ3) is 5.74. The molecule has 1 unspecified atom stereocenters. The molecule has 0 amide bonds. The van der Waals surface area contributed by atoms with Crippen molar-refractivity contribution in [2.24, 2.45) is 0 Å². The average molecular weight is 293 g/mol. The van der Waals surface area contributed by atoms with Gasteiger partial charge in [-0.05, 0) is 26.3 Å². The fourth-order valence-corrected chi connectivity index (χ4v) is 3.26. The van der Waals surface area contributed by atoms with Crippen LogP contribution in [0.25, 0.3) is 0 Å². The smallest absolute Gasteiger partial charge is 0.279 e. The van der Waals surface area contributed by atoms with Crippen LogP contribution in [0, 0.1) is 0 Å². The van der Waals surface area contributed by atoms with Crippen molar-refractivity contribution in [2.75, 3.05) is 33.4 Å². The van der Waals surface area contributed by atoms with Crippen LogP contribution in [-0.2, 0) is 14.9 Å². The summed E-state index contributed by atoms with van der Waals surface area (Å²) in [5.41, 5.74) is -0.469. The summed E-state index contributed by atoms with van der Waals surface area (Å²) in [5, 5.41) is 3.27. The molecule has 7 heteroatoms. The van der Waals surface area contributed by atoms with Gasteiger partial charge in [-0.3, -0.25) is 0 Å². The summed E-state index contributed by atoms with van der Waals surface area (Å²) >= 11 is 0.